The van der Waals surface area contributed by atoms with Crippen LogP contribution in [0.15, 0.2) is 18.2 Å². The third kappa shape index (κ3) is 2.73. The molecule has 1 rings (SSSR count). The molecule has 0 bridgehead atoms. The lowest BCUT2D eigenvalue weighted by atomic mass is 10.0. The first-order chi connectivity index (χ1) is 8.38. The summed E-state index contributed by atoms with van der Waals surface area (Å²) in [6.07, 6.45) is -3.71. The van der Waals surface area contributed by atoms with Crippen molar-refractivity contribution in [3.8, 4) is 0 Å². The standard InChI is InChI=1S/C10H12N2O6/c1-18-10(15)9(14)8(13)6-4-5(11)2-3-7(6)12(16)17/h2-4,8-9,13-14H,11H2,1H3. The number of nitro groups is 1. The number of hydrogen-bond acceptors (Lipinski definition) is 7. The van der Waals surface area contributed by atoms with E-state index in [0.29, 0.717) is 0 Å². The van der Waals surface area contributed by atoms with Gasteiger partial charge < -0.3 is 20.7 Å². The number of carbonyl (C=O) groups is 1. The number of nitrogens with two attached hydrogens (primary N) is 1. The lowest BCUT2D eigenvalue weighted by molar-refractivity contribution is -0.386. The van der Waals surface area contributed by atoms with Crippen molar-refractivity contribution in [3.05, 3.63) is 33.9 Å². The smallest absolute Gasteiger partial charge is 0.337 e. The van der Waals surface area contributed by atoms with Gasteiger partial charge in [0.05, 0.1) is 17.6 Å². The fourth-order valence-electron chi connectivity index (χ4n) is 1.40. The Balaban J connectivity index is 3.18. The number of anilines is 1. The summed E-state index contributed by atoms with van der Waals surface area (Å²) < 4.78 is 4.24. The molecule has 2 unspecified atom stereocenters. The van der Waals surface area contributed by atoms with Gasteiger partial charge in [0.1, 0.15) is 6.10 Å². The van der Waals surface area contributed by atoms with Crippen molar-refractivity contribution in [1.82, 2.24) is 0 Å². The number of aliphatic hydroxyl groups is 2. The molecule has 0 aliphatic heterocycles. The Labute approximate surface area is 102 Å². The predicted molar refractivity (Wildman–Crippen MR) is 60.5 cm³/mol. The Morgan fingerprint density at radius 2 is 2.11 bits per heavy atom. The SMILES string of the molecule is COC(=O)C(O)C(O)c1cc(N)ccc1[N+](=O)[O-]. The third-order valence-electron chi connectivity index (χ3n) is 2.31. The quantitative estimate of drug-likeness (QED) is 0.292. The molecular formula is C10H12N2O6. The highest BCUT2D eigenvalue weighted by molar-refractivity contribution is 5.75. The van der Waals surface area contributed by atoms with Gasteiger partial charge >= 0.3 is 5.97 Å². The summed E-state index contributed by atoms with van der Waals surface area (Å²) >= 11 is 0. The van der Waals surface area contributed by atoms with Gasteiger partial charge in [-0.2, -0.15) is 0 Å². The van der Waals surface area contributed by atoms with E-state index in [1.165, 1.54) is 6.07 Å². The normalized spacial score (nSPS) is 13.7. The molecule has 0 aromatic heterocycles. The van der Waals surface area contributed by atoms with E-state index < -0.39 is 28.8 Å². The van der Waals surface area contributed by atoms with Crippen LogP contribution in [0.25, 0.3) is 0 Å². The molecular weight excluding hydrogens is 244 g/mol. The number of nitro benzene ring substituents is 1. The second kappa shape index (κ2) is 5.43. The summed E-state index contributed by atoms with van der Waals surface area (Å²) in [4.78, 5) is 21.1. The van der Waals surface area contributed by atoms with Crippen molar-refractivity contribution in [3.63, 3.8) is 0 Å². The number of rotatable bonds is 4. The van der Waals surface area contributed by atoms with Gasteiger partial charge in [-0.05, 0) is 12.1 Å². The van der Waals surface area contributed by atoms with Crippen LogP contribution in [0.2, 0.25) is 0 Å². The molecule has 0 heterocycles. The van der Waals surface area contributed by atoms with Crippen LogP contribution in [0, 0.1) is 10.1 Å². The van der Waals surface area contributed by atoms with E-state index in [0.717, 1.165) is 19.2 Å². The lowest BCUT2D eigenvalue weighted by Gasteiger charge is -2.16. The van der Waals surface area contributed by atoms with Crippen LogP contribution in [0.1, 0.15) is 11.7 Å². The van der Waals surface area contributed by atoms with Crippen LogP contribution >= 0.6 is 0 Å². The molecule has 0 amide bonds. The number of benzene rings is 1. The van der Waals surface area contributed by atoms with Crippen LogP contribution in [0.5, 0.6) is 0 Å². The molecule has 8 nitrogen and oxygen atoms in total. The highest BCUT2D eigenvalue weighted by Gasteiger charge is 2.31. The molecule has 0 spiro atoms. The lowest BCUT2D eigenvalue weighted by Crippen LogP contribution is -2.29. The highest BCUT2D eigenvalue weighted by atomic mass is 16.6. The van der Waals surface area contributed by atoms with Gasteiger partial charge in [-0.15, -0.1) is 0 Å². The first-order valence-corrected chi connectivity index (χ1v) is 4.86. The Morgan fingerprint density at radius 1 is 1.50 bits per heavy atom. The minimum absolute atomic E-state index is 0.159. The number of ether oxygens (including phenoxy) is 1. The number of nitrogens with zero attached hydrogens (tertiary/aromatic N) is 1. The first kappa shape index (κ1) is 13.9. The molecule has 4 N–H and O–H groups in total. The molecule has 0 saturated heterocycles. The van der Waals surface area contributed by atoms with Gasteiger partial charge in [-0.1, -0.05) is 0 Å². The van der Waals surface area contributed by atoms with Gasteiger partial charge in [-0.3, -0.25) is 10.1 Å². The summed E-state index contributed by atoms with van der Waals surface area (Å²) in [7, 11) is 1.02. The number of hydrogen-bond donors (Lipinski definition) is 3. The number of carbonyl (C=O) groups excluding carboxylic acids is 1. The molecule has 0 fully saturated rings. The largest absolute Gasteiger partial charge is 0.467 e. The molecule has 0 saturated carbocycles. The van der Waals surface area contributed by atoms with E-state index in [2.05, 4.69) is 4.74 Å². The maximum absolute atomic E-state index is 11.1. The monoisotopic (exact) mass is 256 g/mol. The van der Waals surface area contributed by atoms with E-state index in [1.54, 1.807) is 0 Å². The minimum Gasteiger partial charge on any atom is -0.467 e. The van der Waals surface area contributed by atoms with E-state index in [4.69, 9.17) is 5.73 Å². The first-order valence-electron chi connectivity index (χ1n) is 4.86. The fraction of sp³-hybridized carbons (Fsp3) is 0.300. The second-order valence-electron chi connectivity index (χ2n) is 3.49. The maximum atomic E-state index is 11.1. The summed E-state index contributed by atoms with van der Waals surface area (Å²) in [6.45, 7) is 0. The van der Waals surface area contributed by atoms with Crippen molar-refractivity contribution < 1.29 is 24.7 Å². The summed E-state index contributed by atoms with van der Waals surface area (Å²) in [5.74, 6) is -1.10. The van der Waals surface area contributed by atoms with Crippen LogP contribution in [0.3, 0.4) is 0 Å². The van der Waals surface area contributed by atoms with E-state index in [-0.39, 0.29) is 11.3 Å². The molecule has 0 aliphatic carbocycles. The van der Waals surface area contributed by atoms with Gasteiger partial charge in [0.25, 0.3) is 5.69 Å². The minimum atomic E-state index is -1.92. The molecule has 98 valence electrons. The van der Waals surface area contributed by atoms with Crippen LogP contribution in [-0.2, 0) is 9.53 Å². The number of methoxy groups -OCH3 is 1. The number of aliphatic hydroxyl groups excluding tert-OH is 2. The van der Waals surface area contributed by atoms with Crippen molar-refractivity contribution in [2.24, 2.45) is 0 Å². The van der Waals surface area contributed by atoms with Crippen LogP contribution in [-0.4, -0.2) is 34.3 Å². The van der Waals surface area contributed by atoms with Crippen molar-refractivity contribution >= 4 is 17.3 Å². The molecule has 8 heteroatoms. The van der Waals surface area contributed by atoms with Gasteiger partial charge in [0.2, 0.25) is 0 Å². The van der Waals surface area contributed by atoms with Gasteiger partial charge in [0.15, 0.2) is 6.10 Å². The molecule has 1 aromatic rings. The summed E-state index contributed by atoms with van der Waals surface area (Å²) in [5, 5.41) is 29.9. The summed E-state index contributed by atoms with van der Waals surface area (Å²) in [5.41, 5.74) is 4.90. The number of esters is 1. The number of nitrogen functional groups attached to an aromatic ring is 1. The second-order valence-corrected chi connectivity index (χ2v) is 3.49. The van der Waals surface area contributed by atoms with Gasteiger partial charge in [-0.25, -0.2) is 4.79 Å². The zero-order chi connectivity index (χ0) is 13.9. The third-order valence-corrected chi connectivity index (χ3v) is 2.31. The predicted octanol–water partition coefficient (Wildman–Crippen LogP) is -0.256. The Hall–Kier alpha value is -2.19. The van der Waals surface area contributed by atoms with Crippen molar-refractivity contribution in [2.75, 3.05) is 12.8 Å². The maximum Gasteiger partial charge on any atom is 0.337 e. The Kier molecular flexibility index (Phi) is 4.18. The molecule has 1 aromatic carbocycles. The zero-order valence-corrected chi connectivity index (χ0v) is 9.44. The Morgan fingerprint density at radius 3 is 2.61 bits per heavy atom. The highest BCUT2D eigenvalue weighted by Crippen LogP contribution is 2.29. The molecule has 0 radical (unpaired) electrons. The van der Waals surface area contributed by atoms with Crippen molar-refractivity contribution in [2.45, 2.75) is 12.2 Å². The topological polar surface area (TPSA) is 136 Å². The van der Waals surface area contributed by atoms with E-state index in [1.807, 2.05) is 0 Å². The van der Waals surface area contributed by atoms with E-state index >= 15 is 0 Å². The van der Waals surface area contributed by atoms with Crippen LogP contribution < -0.4 is 5.73 Å². The molecule has 0 aliphatic rings. The summed E-state index contributed by atoms with van der Waals surface area (Å²) in [6, 6.07) is 3.48. The molecule has 18 heavy (non-hydrogen) atoms. The average molecular weight is 256 g/mol. The van der Waals surface area contributed by atoms with Crippen molar-refractivity contribution in [1.29, 1.82) is 0 Å². The fourth-order valence-corrected chi connectivity index (χ4v) is 1.40. The van der Waals surface area contributed by atoms with E-state index in [9.17, 15) is 25.1 Å². The average Bonchev–Trinajstić information content (AvgIpc) is 2.35. The van der Waals surface area contributed by atoms with Crippen LogP contribution in [0.4, 0.5) is 11.4 Å². The zero-order valence-electron chi connectivity index (χ0n) is 9.44. The van der Waals surface area contributed by atoms with Gasteiger partial charge in [0, 0.05) is 11.8 Å². The molecule has 2 atom stereocenters. The Bertz CT molecular complexity index is 475.